The number of amides is 1. The van der Waals surface area contributed by atoms with E-state index in [0.29, 0.717) is 29.2 Å². The lowest BCUT2D eigenvalue weighted by molar-refractivity contribution is -0.189. The molecule has 0 spiro atoms. The van der Waals surface area contributed by atoms with Crippen LogP contribution in [-0.4, -0.2) is 132 Å². The summed E-state index contributed by atoms with van der Waals surface area (Å²) in [5.74, 6) is -4.61. The molecule has 21 heteroatoms. The summed E-state index contributed by atoms with van der Waals surface area (Å²) in [7, 11) is 0. The highest BCUT2D eigenvalue weighted by molar-refractivity contribution is 8.00. The van der Waals surface area contributed by atoms with E-state index in [1.807, 2.05) is 0 Å². The highest BCUT2D eigenvalue weighted by atomic mass is 32.2. The molecule has 6 rings (SSSR count). The SMILES string of the molecule is CC(=O)Nc1ccc(-c2cn(C3C(O)[C@@H](CO)O[C@@H](S[C@@H]4OC(CO)[C@H](O)C(n5cc(-c6cc(F)c(F)c(F)c6)nn5)C4O)[C@@H]3O)nn2)cn1. The van der Waals surface area contributed by atoms with E-state index in [4.69, 9.17) is 9.47 Å². The fraction of sp³-hybridized carbons (Fsp3) is 0.448. The van der Waals surface area contributed by atoms with Gasteiger partial charge in [-0.1, -0.05) is 22.2 Å². The van der Waals surface area contributed by atoms with Gasteiger partial charge in [-0.05, 0) is 24.3 Å². The van der Waals surface area contributed by atoms with Gasteiger partial charge in [0.1, 0.15) is 76.8 Å². The largest absolute Gasteiger partial charge is 0.394 e. The third kappa shape index (κ3) is 6.95. The fourth-order valence-corrected chi connectivity index (χ4v) is 7.05. The van der Waals surface area contributed by atoms with Gasteiger partial charge in [-0.3, -0.25) is 4.79 Å². The Morgan fingerprint density at radius 1 is 0.820 bits per heavy atom. The Bertz CT molecular complexity index is 1800. The maximum absolute atomic E-state index is 13.9. The number of anilines is 1. The molecule has 2 aliphatic heterocycles. The second kappa shape index (κ2) is 14.7. The van der Waals surface area contributed by atoms with Crippen LogP contribution < -0.4 is 5.32 Å². The van der Waals surface area contributed by atoms with Crippen molar-refractivity contribution >= 4 is 23.5 Å². The number of aliphatic hydroxyl groups is 6. The van der Waals surface area contributed by atoms with E-state index in [9.17, 15) is 48.6 Å². The Balaban J connectivity index is 1.23. The van der Waals surface area contributed by atoms with Crippen LogP contribution >= 0.6 is 11.8 Å². The van der Waals surface area contributed by atoms with Crippen LogP contribution in [0.15, 0.2) is 42.9 Å². The first kappa shape index (κ1) is 35.8. The molecular formula is C29H31F3N8O9S. The zero-order valence-electron chi connectivity index (χ0n) is 25.8. The zero-order valence-corrected chi connectivity index (χ0v) is 26.6. The number of benzene rings is 1. The van der Waals surface area contributed by atoms with Crippen LogP contribution in [0.4, 0.5) is 19.0 Å². The minimum Gasteiger partial charge on any atom is -0.394 e. The molecule has 0 bridgehead atoms. The highest BCUT2D eigenvalue weighted by Crippen LogP contribution is 2.42. The Morgan fingerprint density at radius 3 is 1.76 bits per heavy atom. The molecule has 17 nitrogen and oxygen atoms in total. The summed E-state index contributed by atoms with van der Waals surface area (Å²) in [5.41, 5.74) is -2.16. The van der Waals surface area contributed by atoms with Crippen molar-refractivity contribution in [2.24, 2.45) is 0 Å². The number of thioether (sulfide) groups is 1. The molecular weight excluding hydrogens is 693 g/mol. The van der Waals surface area contributed by atoms with Gasteiger partial charge in [0.2, 0.25) is 5.91 Å². The van der Waals surface area contributed by atoms with E-state index in [1.54, 1.807) is 12.1 Å². The number of carbonyl (C=O) groups is 1. The molecule has 7 N–H and O–H groups in total. The summed E-state index contributed by atoms with van der Waals surface area (Å²) in [6, 6.07) is 1.95. The van der Waals surface area contributed by atoms with Gasteiger partial charge in [0.15, 0.2) is 17.5 Å². The van der Waals surface area contributed by atoms with Crippen molar-refractivity contribution in [2.75, 3.05) is 18.5 Å². The van der Waals surface area contributed by atoms with Gasteiger partial charge < -0.3 is 45.4 Å². The Morgan fingerprint density at radius 2 is 1.32 bits per heavy atom. The molecule has 50 heavy (non-hydrogen) atoms. The maximum Gasteiger partial charge on any atom is 0.222 e. The van der Waals surface area contributed by atoms with E-state index in [2.05, 4.69) is 30.9 Å². The molecule has 2 aliphatic rings. The third-order valence-corrected chi connectivity index (χ3v) is 9.56. The summed E-state index contributed by atoms with van der Waals surface area (Å²) in [6.07, 6.45) is -4.85. The molecule has 1 aromatic carbocycles. The number of nitrogens with one attached hydrogen (secondary N) is 1. The lowest BCUT2D eigenvalue weighted by Crippen LogP contribution is -2.58. The molecule has 5 heterocycles. The van der Waals surface area contributed by atoms with Crippen LogP contribution in [-0.2, 0) is 14.3 Å². The average molecular weight is 725 g/mol. The molecule has 0 saturated carbocycles. The molecule has 5 unspecified atom stereocenters. The van der Waals surface area contributed by atoms with Crippen LogP contribution in [0.5, 0.6) is 0 Å². The molecule has 3 aromatic heterocycles. The Kier molecular flexibility index (Phi) is 10.5. The van der Waals surface area contributed by atoms with Gasteiger partial charge in [-0.15, -0.1) is 10.2 Å². The molecule has 0 radical (unpaired) electrons. The fourth-order valence-electron chi connectivity index (χ4n) is 5.73. The van der Waals surface area contributed by atoms with Crippen molar-refractivity contribution in [2.45, 2.75) is 66.5 Å². The minimum atomic E-state index is -1.68. The quantitative estimate of drug-likeness (QED) is 0.106. The Hall–Kier alpha value is -4.06. The second-order valence-corrected chi connectivity index (χ2v) is 12.8. The average Bonchev–Trinajstić information content (AvgIpc) is 3.77. The lowest BCUT2D eigenvalue weighted by Gasteiger charge is -2.46. The highest BCUT2D eigenvalue weighted by Gasteiger charge is 2.51. The van der Waals surface area contributed by atoms with Crippen LogP contribution in [0.25, 0.3) is 22.5 Å². The molecule has 0 aliphatic carbocycles. The van der Waals surface area contributed by atoms with E-state index in [-0.39, 0.29) is 17.2 Å². The summed E-state index contributed by atoms with van der Waals surface area (Å²) >= 11 is 0.718. The van der Waals surface area contributed by atoms with Crippen LogP contribution in [0, 0.1) is 17.5 Å². The Labute approximate surface area is 284 Å². The maximum atomic E-state index is 13.9. The number of nitrogens with zero attached hydrogens (tertiary/aromatic N) is 7. The number of hydrogen-bond donors (Lipinski definition) is 7. The first-order valence-corrected chi connectivity index (χ1v) is 16.0. The number of hydrogen-bond acceptors (Lipinski definition) is 15. The normalized spacial score (nSPS) is 30.0. The number of carbonyl (C=O) groups excluding carboxylic acids is 1. The van der Waals surface area contributed by atoms with Gasteiger partial charge in [0, 0.05) is 24.2 Å². The van der Waals surface area contributed by atoms with Crippen molar-refractivity contribution in [3.63, 3.8) is 0 Å². The number of aromatic nitrogens is 7. The zero-order chi connectivity index (χ0) is 35.9. The summed E-state index contributed by atoms with van der Waals surface area (Å²) in [4.78, 5) is 15.4. The van der Waals surface area contributed by atoms with Gasteiger partial charge in [0.05, 0.1) is 25.6 Å². The first-order chi connectivity index (χ1) is 23.9. The smallest absolute Gasteiger partial charge is 0.222 e. The van der Waals surface area contributed by atoms with Crippen molar-refractivity contribution in [1.29, 1.82) is 0 Å². The first-order valence-electron chi connectivity index (χ1n) is 15.0. The van der Waals surface area contributed by atoms with Crippen molar-refractivity contribution in [3.05, 3.63) is 60.3 Å². The molecule has 2 fully saturated rings. The number of ether oxygens (including phenoxy) is 2. The minimum absolute atomic E-state index is 0.126. The van der Waals surface area contributed by atoms with Gasteiger partial charge in [0.25, 0.3) is 0 Å². The monoisotopic (exact) mass is 724 g/mol. The summed E-state index contributed by atoms with van der Waals surface area (Å²) in [6.45, 7) is -0.0741. The third-order valence-electron chi connectivity index (χ3n) is 8.24. The van der Waals surface area contributed by atoms with Crippen LogP contribution in [0.3, 0.4) is 0 Å². The molecule has 2 saturated heterocycles. The van der Waals surface area contributed by atoms with Crippen molar-refractivity contribution in [3.8, 4) is 22.5 Å². The number of halogens is 3. The molecule has 1 amide bonds. The summed E-state index contributed by atoms with van der Waals surface area (Å²) in [5, 5.41) is 83.3. The topological polar surface area (TPSA) is 243 Å². The van der Waals surface area contributed by atoms with E-state index >= 15 is 0 Å². The van der Waals surface area contributed by atoms with Crippen molar-refractivity contribution < 1.29 is 58.1 Å². The predicted molar refractivity (Wildman–Crippen MR) is 164 cm³/mol. The molecule has 4 aromatic rings. The molecule has 268 valence electrons. The van der Waals surface area contributed by atoms with E-state index in [0.717, 1.165) is 22.6 Å². The van der Waals surface area contributed by atoms with E-state index < -0.39 is 90.2 Å². The number of rotatable bonds is 9. The standard InChI is InChI=1S/C29H31F3N8O9S/c1-11(43)34-20-3-2-12(6-33-20)16-7-39(37-35-16)22-24(44)18(9-41)48-28(26(22)46)50-29-27(47)23(25(45)19(10-42)49-29)40-8-17(36-38-40)13-4-14(30)21(32)15(31)5-13/h2-8,18-19,22-29,41-42,44-47H,9-10H2,1H3,(H,33,34,43)/t18-,19?,22?,23?,24?,25+,26-,27?,28+,29+/m1/s1. The van der Waals surface area contributed by atoms with Gasteiger partial charge >= 0.3 is 0 Å². The second-order valence-electron chi connectivity index (χ2n) is 11.6. The van der Waals surface area contributed by atoms with E-state index in [1.165, 1.54) is 24.0 Å². The van der Waals surface area contributed by atoms with Gasteiger partial charge in [-0.2, -0.15) is 0 Å². The van der Waals surface area contributed by atoms with Gasteiger partial charge in [-0.25, -0.2) is 27.5 Å². The predicted octanol–water partition coefficient (Wildman–Crippen LogP) is -0.632. The van der Waals surface area contributed by atoms with Crippen molar-refractivity contribution in [1.82, 2.24) is 35.0 Å². The lowest BCUT2D eigenvalue weighted by atomic mass is 9.97. The number of aliphatic hydroxyl groups excluding tert-OH is 6. The van der Waals surface area contributed by atoms with Crippen LogP contribution in [0.2, 0.25) is 0 Å². The summed E-state index contributed by atoms with van der Waals surface area (Å²) < 4.78 is 55.0. The van der Waals surface area contributed by atoms with Crippen LogP contribution in [0.1, 0.15) is 19.0 Å². The number of pyridine rings is 1. The molecule has 10 atom stereocenters.